The highest BCUT2D eigenvalue weighted by Crippen LogP contribution is 2.37. The van der Waals surface area contributed by atoms with E-state index in [1.54, 1.807) is 6.08 Å². The first-order chi connectivity index (χ1) is 11.3. The van der Waals surface area contributed by atoms with Crippen LogP contribution in [-0.4, -0.2) is 0 Å². The molecule has 0 heterocycles. The summed E-state index contributed by atoms with van der Waals surface area (Å²) < 4.78 is 11.8. The van der Waals surface area contributed by atoms with E-state index in [-0.39, 0.29) is 0 Å². The molecule has 0 unspecified atom stereocenters. The zero-order chi connectivity index (χ0) is 16.3. The fourth-order valence-electron chi connectivity index (χ4n) is 3.73. The molecule has 0 atom stereocenters. The van der Waals surface area contributed by atoms with Crippen LogP contribution in [0.25, 0.3) is 0 Å². The van der Waals surface area contributed by atoms with Gasteiger partial charge in [0, 0.05) is 0 Å². The molecule has 124 valence electrons. The summed E-state index contributed by atoms with van der Waals surface area (Å²) in [6.45, 7) is 0. The summed E-state index contributed by atoms with van der Waals surface area (Å²) in [6, 6.07) is 10.3. The van der Waals surface area contributed by atoms with Crippen LogP contribution in [0.1, 0.15) is 81.3 Å². The van der Waals surface area contributed by atoms with Gasteiger partial charge >= 0.3 is 0 Å². The second-order valence-corrected chi connectivity index (χ2v) is 6.80. The van der Waals surface area contributed by atoms with Gasteiger partial charge in [0.05, 0.1) is 18.0 Å². The van der Waals surface area contributed by atoms with Gasteiger partial charge in [-0.2, -0.15) is 5.26 Å². The monoisotopic (exact) mass is 313 g/mol. The molecule has 2 heteroatoms. The van der Waals surface area contributed by atoms with E-state index in [0.29, 0.717) is 12.2 Å². The molecule has 2 rings (SSSR count). The highest BCUT2D eigenvalue weighted by atomic mass is 19.1. The van der Waals surface area contributed by atoms with E-state index in [1.807, 2.05) is 12.1 Å². The summed E-state index contributed by atoms with van der Waals surface area (Å²) in [5.74, 6) is 1.59. The van der Waals surface area contributed by atoms with Crippen molar-refractivity contribution < 1.29 is 4.39 Å². The van der Waals surface area contributed by atoms with Crippen LogP contribution in [0.4, 0.5) is 4.39 Å². The average Bonchev–Trinajstić information content (AvgIpc) is 2.61. The molecule has 1 saturated carbocycles. The number of hydrogen-bond donors (Lipinski definition) is 0. The molecule has 1 aromatic rings. The number of hydrogen-bond acceptors (Lipinski definition) is 1. The number of allylic oxidation sites excluding steroid dienone is 1. The molecule has 1 fully saturated rings. The predicted octanol–water partition coefficient (Wildman–Crippen LogP) is 6.66. The first kappa shape index (κ1) is 17.7. The zero-order valence-electron chi connectivity index (χ0n) is 14.0. The van der Waals surface area contributed by atoms with E-state index < -0.39 is 0 Å². The summed E-state index contributed by atoms with van der Waals surface area (Å²) in [5.41, 5.74) is 2.16. The van der Waals surface area contributed by atoms with Crippen molar-refractivity contribution in [1.82, 2.24) is 0 Å². The van der Waals surface area contributed by atoms with E-state index in [2.05, 4.69) is 18.2 Å². The molecule has 0 aromatic heterocycles. The highest BCUT2D eigenvalue weighted by Gasteiger charge is 2.21. The van der Waals surface area contributed by atoms with Gasteiger partial charge in [-0.1, -0.05) is 43.9 Å². The van der Waals surface area contributed by atoms with Crippen LogP contribution >= 0.6 is 0 Å². The van der Waals surface area contributed by atoms with Crippen LogP contribution in [-0.2, 0) is 0 Å². The molecule has 0 spiro atoms. The molecule has 0 aliphatic heterocycles. The summed E-state index contributed by atoms with van der Waals surface area (Å²) in [7, 11) is 0. The molecule has 1 nitrogen and oxygen atoms in total. The number of nitrogens with zero attached hydrogens (tertiary/aromatic N) is 1. The molecule has 23 heavy (non-hydrogen) atoms. The van der Waals surface area contributed by atoms with Crippen molar-refractivity contribution in [2.75, 3.05) is 0 Å². The lowest BCUT2D eigenvalue weighted by atomic mass is 9.77. The molecule has 0 radical (unpaired) electrons. The quantitative estimate of drug-likeness (QED) is 0.492. The first-order valence-corrected chi connectivity index (χ1v) is 9.08. The topological polar surface area (TPSA) is 23.8 Å². The molecular weight excluding hydrogens is 285 g/mol. The Kier molecular flexibility index (Phi) is 7.87. The maximum atomic E-state index is 11.8. The number of rotatable bonds is 8. The average molecular weight is 313 g/mol. The van der Waals surface area contributed by atoms with E-state index in [9.17, 15) is 4.39 Å². The van der Waals surface area contributed by atoms with E-state index in [0.717, 1.165) is 24.3 Å². The number of nitriles is 1. The third-order valence-corrected chi connectivity index (χ3v) is 5.18. The maximum Gasteiger partial charge on any atom is 0.0991 e. The number of benzene rings is 1. The van der Waals surface area contributed by atoms with Crippen molar-refractivity contribution >= 4 is 0 Å². The summed E-state index contributed by atoms with van der Waals surface area (Å²) in [5, 5.41) is 8.87. The van der Waals surface area contributed by atoms with Crippen molar-refractivity contribution in [3.05, 3.63) is 47.8 Å². The fourth-order valence-corrected chi connectivity index (χ4v) is 3.73. The molecule has 1 aromatic carbocycles. The summed E-state index contributed by atoms with van der Waals surface area (Å²) in [6.07, 6.45) is 14.7. The van der Waals surface area contributed by atoms with Gasteiger partial charge in [0.1, 0.15) is 0 Å². The Morgan fingerprint density at radius 3 is 2.35 bits per heavy atom. The normalized spacial score (nSPS) is 21.4. The molecule has 0 amide bonds. The van der Waals surface area contributed by atoms with Gasteiger partial charge in [-0.05, 0) is 68.1 Å². The molecule has 0 N–H and O–H groups in total. The van der Waals surface area contributed by atoms with Gasteiger partial charge in [-0.15, -0.1) is 0 Å². The van der Waals surface area contributed by atoms with Gasteiger partial charge in [-0.25, -0.2) is 4.39 Å². The van der Waals surface area contributed by atoms with E-state index in [1.165, 1.54) is 56.9 Å². The van der Waals surface area contributed by atoms with Crippen LogP contribution in [0.15, 0.2) is 36.7 Å². The molecular formula is C21H28FN. The third kappa shape index (κ3) is 6.18. The van der Waals surface area contributed by atoms with Crippen molar-refractivity contribution in [3.8, 4) is 6.07 Å². The van der Waals surface area contributed by atoms with Crippen LogP contribution < -0.4 is 0 Å². The minimum atomic E-state index is 0.659. The van der Waals surface area contributed by atoms with Gasteiger partial charge in [0.25, 0.3) is 0 Å². The second kappa shape index (κ2) is 10.2. The van der Waals surface area contributed by atoms with Crippen molar-refractivity contribution in [1.29, 1.82) is 5.26 Å². The summed E-state index contributed by atoms with van der Waals surface area (Å²) >= 11 is 0. The Labute approximate surface area is 140 Å². The fraction of sp³-hybridized carbons (Fsp3) is 0.571. The maximum absolute atomic E-state index is 11.8. The lowest BCUT2D eigenvalue weighted by Crippen LogP contribution is -2.13. The predicted molar refractivity (Wildman–Crippen MR) is 93.8 cm³/mol. The minimum absolute atomic E-state index is 0.659. The lowest BCUT2D eigenvalue weighted by molar-refractivity contribution is 0.302. The largest absolute Gasteiger partial charge is 0.216 e. The van der Waals surface area contributed by atoms with E-state index >= 15 is 0 Å². The smallest absolute Gasteiger partial charge is 0.0991 e. The van der Waals surface area contributed by atoms with Gasteiger partial charge in [0.15, 0.2) is 0 Å². The second-order valence-electron chi connectivity index (χ2n) is 6.80. The molecule has 0 saturated heterocycles. The first-order valence-electron chi connectivity index (χ1n) is 9.08. The Morgan fingerprint density at radius 2 is 1.70 bits per heavy atom. The SMILES string of the molecule is N#Cc1ccc(C2CCC(CCCCCC/C=C/F)CC2)cc1. The Morgan fingerprint density at radius 1 is 1.00 bits per heavy atom. The standard InChI is InChI=1S/C21H28FN/c22-16-6-4-2-1-3-5-7-18-8-12-20(13-9-18)21-14-10-19(17-23)11-15-21/h6,10-11,14-16,18,20H,1-5,7-9,12-13H2/b16-6+. The lowest BCUT2D eigenvalue weighted by Gasteiger charge is -2.29. The number of halogens is 1. The highest BCUT2D eigenvalue weighted by molar-refractivity contribution is 5.33. The molecule has 1 aliphatic carbocycles. The molecule has 0 bridgehead atoms. The van der Waals surface area contributed by atoms with Crippen molar-refractivity contribution in [2.45, 2.75) is 70.1 Å². The number of unbranched alkanes of at least 4 members (excludes halogenated alkanes) is 4. The summed E-state index contributed by atoms with van der Waals surface area (Å²) in [4.78, 5) is 0. The van der Waals surface area contributed by atoms with Crippen LogP contribution in [0, 0.1) is 17.2 Å². The zero-order valence-corrected chi connectivity index (χ0v) is 14.0. The Hall–Kier alpha value is -1.62. The van der Waals surface area contributed by atoms with Crippen molar-refractivity contribution in [3.63, 3.8) is 0 Å². The van der Waals surface area contributed by atoms with E-state index in [4.69, 9.17) is 5.26 Å². The molecule has 1 aliphatic rings. The Bertz CT molecular complexity index is 504. The van der Waals surface area contributed by atoms with Gasteiger partial charge in [-0.3, -0.25) is 0 Å². The third-order valence-electron chi connectivity index (χ3n) is 5.18. The van der Waals surface area contributed by atoms with Crippen LogP contribution in [0.5, 0.6) is 0 Å². The van der Waals surface area contributed by atoms with Gasteiger partial charge in [0.2, 0.25) is 0 Å². The van der Waals surface area contributed by atoms with Gasteiger partial charge < -0.3 is 0 Å². The Balaban J connectivity index is 1.61. The van der Waals surface area contributed by atoms with Crippen LogP contribution in [0.3, 0.4) is 0 Å². The van der Waals surface area contributed by atoms with Crippen molar-refractivity contribution in [2.24, 2.45) is 5.92 Å². The van der Waals surface area contributed by atoms with Crippen LogP contribution in [0.2, 0.25) is 0 Å². The minimum Gasteiger partial charge on any atom is -0.216 e.